The molecule has 0 fully saturated rings. The Balaban J connectivity index is 1.01. The molecule has 1 aromatic heterocycles. The van der Waals surface area contributed by atoms with E-state index in [1.54, 1.807) is 0 Å². The average molecular weight is 892 g/mol. The van der Waals surface area contributed by atoms with Gasteiger partial charge in [0.2, 0.25) is 0 Å². The zero-order valence-corrected chi connectivity index (χ0v) is 38.3. The molecule has 1 heterocycles. The number of hydrogen-bond donors (Lipinski definition) is 0. The predicted molar refractivity (Wildman–Crippen MR) is 296 cm³/mol. The van der Waals surface area contributed by atoms with Crippen molar-refractivity contribution in [1.82, 2.24) is 0 Å². The summed E-state index contributed by atoms with van der Waals surface area (Å²) in [6, 6.07) is 98.8. The van der Waals surface area contributed by atoms with Crippen LogP contribution in [0.2, 0.25) is 0 Å². The van der Waals surface area contributed by atoms with Crippen molar-refractivity contribution in [2.45, 2.75) is 0 Å². The summed E-state index contributed by atoms with van der Waals surface area (Å²) in [5.74, 6) is 0. The maximum atomic E-state index is 6.33. The summed E-state index contributed by atoms with van der Waals surface area (Å²) in [5.41, 5.74) is 19.1. The molecule has 0 aliphatic rings. The molecular weight excluding hydrogens is 847 g/mol. The van der Waals surface area contributed by atoms with Gasteiger partial charge in [-0.15, -0.1) is 0 Å². The lowest BCUT2D eigenvalue weighted by atomic mass is 9.84. The van der Waals surface area contributed by atoms with Gasteiger partial charge in [-0.2, -0.15) is 0 Å². The van der Waals surface area contributed by atoms with Gasteiger partial charge in [0.1, 0.15) is 11.2 Å². The van der Waals surface area contributed by atoms with Crippen LogP contribution >= 0.6 is 0 Å². The van der Waals surface area contributed by atoms with Crippen LogP contribution in [0, 0.1) is 0 Å². The van der Waals surface area contributed by atoms with E-state index < -0.39 is 0 Å². The lowest BCUT2D eigenvalue weighted by molar-refractivity contribution is 0.669. The summed E-state index contributed by atoms with van der Waals surface area (Å²) in [7, 11) is 0. The van der Waals surface area contributed by atoms with Gasteiger partial charge >= 0.3 is 0 Å². The molecule has 0 bridgehead atoms. The van der Waals surface area contributed by atoms with Gasteiger partial charge in [0.15, 0.2) is 0 Å². The van der Waals surface area contributed by atoms with Crippen LogP contribution in [0.3, 0.4) is 0 Å². The zero-order valence-electron chi connectivity index (χ0n) is 38.3. The molecule has 70 heavy (non-hydrogen) atoms. The van der Waals surface area contributed by atoms with E-state index >= 15 is 0 Å². The molecule has 0 amide bonds. The third-order valence-corrected chi connectivity index (χ3v) is 13.9. The topological polar surface area (TPSA) is 16.4 Å². The molecule has 0 aliphatic carbocycles. The molecule has 0 spiro atoms. The second kappa shape index (κ2) is 17.4. The highest BCUT2D eigenvalue weighted by molar-refractivity contribution is 6.22. The first kappa shape index (κ1) is 41.0. The molecule has 2 nitrogen and oxygen atoms in total. The Labute approximate surface area is 407 Å². The second-order valence-electron chi connectivity index (χ2n) is 18.0. The molecule has 13 aromatic rings. The highest BCUT2D eigenvalue weighted by Crippen LogP contribution is 2.48. The van der Waals surface area contributed by atoms with E-state index in [0.717, 1.165) is 72.4 Å². The van der Waals surface area contributed by atoms with E-state index in [1.165, 1.54) is 54.9 Å². The van der Waals surface area contributed by atoms with Crippen molar-refractivity contribution in [3.05, 3.63) is 273 Å². The van der Waals surface area contributed by atoms with Gasteiger partial charge < -0.3 is 9.32 Å². The lowest BCUT2D eigenvalue weighted by Gasteiger charge is -2.29. The minimum Gasteiger partial charge on any atom is -0.456 e. The van der Waals surface area contributed by atoms with Crippen LogP contribution in [-0.4, -0.2) is 0 Å². The van der Waals surface area contributed by atoms with E-state index in [0.29, 0.717) is 0 Å². The molecule has 0 unspecified atom stereocenters. The van der Waals surface area contributed by atoms with Gasteiger partial charge in [0, 0.05) is 27.7 Å². The summed E-state index contributed by atoms with van der Waals surface area (Å²) in [5, 5.41) is 7.21. The molecule has 13 rings (SSSR count). The fourth-order valence-electron chi connectivity index (χ4n) is 10.6. The summed E-state index contributed by atoms with van der Waals surface area (Å²) in [6.45, 7) is 0. The van der Waals surface area contributed by atoms with E-state index in [9.17, 15) is 0 Å². The van der Waals surface area contributed by atoms with Gasteiger partial charge in [-0.3, -0.25) is 0 Å². The molecule has 0 saturated carbocycles. The quantitative estimate of drug-likeness (QED) is 0.134. The van der Waals surface area contributed by atoms with Crippen molar-refractivity contribution in [1.29, 1.82) is 0 Å². The molecule has 328 valence electrons. The minimum absolute atomic E-state index is 0.890. The Bertz CT molecular complexity index is 4030. The van der Waals surface area contributed by atoms with Crippen molar-refractivity contribution in [2.24, 2.45) is 0 Å². The van der Waals surface area contributed by atoms with Crippen molar-refractivity contribution in [3.63, 3.8) is 0 Å². The van der Waals surface area contributed by atoms with Crippen molar-refractivity contribution < 1.29 is 4.42 Å². The van der Waals surface area contributed by atoms with Gasteiger partial charge in [-0.1, -0.05) is 218 Å². The number of nitrogens with zero attached hydrogens (tertiary/aromatic N) is 1. The second-order valence-corrected chi connectivity index (χ2v) is 18.0. The Morgan fingerprint density at radius 1 is 0.243 bits per heavy atom. The molecule has 0 atom stereocenters. The molecule has 0 saturated heterocycles. The van der Waals surface area contributed by atoms with E-state index in [1.807, 2.05) is 12.1 Å². The Kier molecular flexibility index (Phi) is 10.2. The molecule has 2 heteroatoms. The maximum absolute atomic E-state index is 6.33. The highest BCUT2D eigenvalue weighted by atomic mass is 16.3. The van der Waals surface area contributed by atoms with Crippen molar-refractivity contribution in [2.75, 3.05) is 4.90 Å². The highest BCUT2D eigenvalue weighted by Gasteiger charge is 2.22. The fraction of sp³-hybridized carbons (Fsp3) is 0. The standard InChI is InChI=1S/C68H45NO/c1-5-19-46(20-6-1)52-38-42-63(61(44-52)47-21-7-2-8-22-47)69(54-39-35-48(36-40-54)56-32-18-34-65-68(56)60-31-15-16-33-64(60)70-65)55-28-17-27-51(43-55)53-37-41-58-57-29-13-14-30-59(57)66(49-23-9-3-10-24-49)67(62(58)45-53)50-25-11-4-12-26-50/h1-45H. The minimum atomic E-state index is 0.890. The number of para-hydroxylation sites is 1. The Morgan fingerprint density at radius 2 is 0.729 bits per heavy atom. The number of rotatable bonds is 9. The van der Waals surface area contributed by atoms with Gasteiger partial charge in [0.05, 0.1) is 5.69 Å². The van der Waals surface area contributed by atoms with Crippen LogP contribution in [-0.2, 0) is 0 Å². The summed E-state index contributed by atoms with van der Waals surface area (Å²) in [6.07, 6.45) is 0. The number of benzene rings is 12. The van der Waals surface area contributed by atoms with Crippen LogP contribution in [0.25, 0.3) is 110 Å². The van der Waals surface area contributed by atoms with E-state index in [-0.39, 0.29) is 0 Å². The van der Waals surface area contributed by atoms with Gasteiger partial charge in [-0.05, 0) is 137 Å². The SMILES string of the molecule is c1ccc(-c2ccc(N(c3ccc(-c4cccc5oc6ccccc6c45)cc3)c3cccc(-c4ccc5c(c4)c(-c4ccccc4)c(-c4ccccc4)c4ccccc45)c3)c(-c3ccccc3)c2)cc1. The van der Waals surface area contributed by atoms with Crippen LogP contribution in [0.4, 0.5) is 17.1 Å². The Morgan fingerprint density at radius 3 is 1.44 bits per heavy atom. The number of anilines is 3. The third kappa shape index (κ3) is 7.22. The number of furan rings is 1. The molecular formula is C68H45NO. The third-order valence-electron chi connectivity index (χ3n) is 13.9. The van der Waals surface area contributed by atoms with Crippen molar-refractivity contribution in [3.8, 4) is 66.8 Å². The molecule has 12 aromatic carbocycles. The van der Waals surface area contributed by atoms with Crippen LogP contribution in [0.5, 0.6) is 0 Å². The predicted octanol–water partition coefficient (Wildman–Crippen LogP) is 19.4. The fourth-order valence-corrected chi connectivity index (χ4v) is 10.6. The monoisotopic (exact) mass is 891 g/mol. The van der Waals surface area contributed by atoms with Crippen LogP contribution in [0.1, 0.15) is 0 Å². The van der Waals surface area contributed by atoms with E-state index in [4.69, 9.17) is 4.42 Å². The normalized spacial score (nSPS) is 11.4. The molecule has 0 N–H and O–H groups in total. The Hall–Kier alpha value is -9.24. The first-order valence-electron chi connectivity index (χ1n) is 24.0. The van der Waals surface area contributed by atoms with Crippen LogP contribution in [0.15, 0.2) is 277 Å². The molecule has 0 aliphatic heterocycles. The first-order chi connectivity index (χ1) is 34.7. The number of hydrogen-bond acceptors (Lipinski definition) is 2. The van der Waals surface area contributed by atoms with E-state index in [2.05, 4.69) is 266 Å². The maximum Gasteiger partial charge on any atom is 0.136 e. The lowest BCUT2D eigenvalue weighted by Crippen LogP contribution is -2.11. The first-order valence-corrected chi connectivity index (χ1v) is 24.0. The van der Waals surface area contributed by atoms with Gasteiger partial charge in [0.25, 0.3) is 0 Å². The number of fused-ring (bicyclic) bond motifs is 6. The zero-order chi connectivity index (χ0) is 46.4. The van der Waals surface area contributed by atoms with Crippen molar-refractivity contribution >= 4 is 60.5 Å². The average Bonchev–Trinajstić information content (AvgIpc) is 3.83. The summed E-state index contributed by atoms with van der Waals surface area (Å²) >= 11 is 0. The molecule has 0 radical (unpaired) electrons. The summed E-state index contributed by atoms with van der Waals surface area (Å²) in [4.78, 5) is 2.43. The van der Waals surface area contributed by atoms with Gasteiger partial charge in [-0.25, -0.2) is 0 Å². The van der Waals surface area contributed by atoms with Crippen LogP contribution < -0.4 is 4.90 Å². The largest absolute Gasteiger partial charge is 0.456 e. The smallest absolute Gasteiger partial charge is 0.136 e. The summed E-state index contributed by atoms with van der Waals surface area (Å²) < 4.78 is 6.33.